The second-order valence-corrected chi connectivity index (χ2v) is 5.26. The minimum atomic E-state index is -0.339. The van der Waals surface area contributed by atoms with E-state index in [9.17, 15) is 4.39 Å². The van der Waals surface area contributed by atoms with Gasteiger partial charge in [-0.1, -0.05) is 35.5 Å². The minimum absolute atomic E-state index is 0.284. The highest BCUT2D eigenvalue weighted by Crippen LogP contribution is 2.28. The first-order valence-electron chi connectivity index (χ1n) is 7.17. The quantitative estimate of drug-likeness (QED) is 0.551. The smallest absolute Gasteiger partial charge is 0.258 e. The molecular formula is C18H12FN3O. The van der Waals surface area contributed by atoms with E-state index in [0.29, 0.717) is 17.1 Å². The lowest BCUT2D eigenvalue weighted by atomic mass is 10.1. The van der Waals surface area contributed by atoms with Crippen LogP contribution < -0.4 is 0 Å². The van der Waals surface area contributed by atoms with E-state index >= 15 is 0 Å². The molecule has 0 saturated carbocycles. The van der Waals surface area contributed by atoms with Gasteiger partial charge in [-0.25, -0.2) is 4.39 Å². The van der Waals surface area contributed by atoms with Gasteiger partial charge in [-0.05, 0) is 36.1 Å². The van der Waals surface area contributed by atoms with Crippen LogP contribution in [-0.2, 0) is 0 Å². The lowest BCUT2D eigenvalue weighted by Crippen LogP contribution is -1.89. The Balaban J connectivity index is 1.86. The van der Waals surface area contributed by atoms with Gasteiger partial charge in [0.1, 0.15) is 11.5 Å². The predicted octanol–water partition coefficient (Wildman–Crippen LogP) is 4.40. The molecule has 4 rings (SSSR count). The summed E-state index contributed by atoms with van der Waals surface area (Å²) in [6.07, 6.45) is 1.71. The Kier molecular flexibility index (Phi) is 3.12. The van der Waals surface area contributed by atoms with Gasteiger partial charge in [-0.2, -0.15) is 4.98 Å². The highest BCUT2D eigenvalue weighted by atomic mass is 19.1. The maximum atomic E-state index is 13.5. The molecule has 2 aromatic carbocycles. The van der Waals surface area contributed by atoms with Crippen LogP contribution in [0.15, 0.2) is 59.3 Å². The molecule has 2 heterocycles. The van der Waals surface area contributed by atoms with Crippen LogP contribution in [-0.4, -0.2) is 15.1 Å². The van der Waals surface area contributed by atoms with Gasteiger partial charge in [0.25, 0.3) is 5.89 Å². The molecule has 2 aromatic heterocycles. The van der Waals surface area contributed by atoms with Crippen molar-refractivity contribution < 1.29 is 8.91 Å². The number of hydrogen-bond acceptors (Lipinski definition) is 4. The molecule has 0 aliphatic rings. The molecule has 0 bridgehead atoms. The maximum absolute atomic E-state index is 13.5. The fourth-order valence-electron chi connectivity index (χ4n) is 2.55. The Hall–Kier alpha value is -3.08. The lowest BCUT2D eigenvalue weighted by molar-refractivity contribution is 0.431. The predicted molar refractivity (Wildman–Crippen MR) is 85.2 cm³/mol. The van der Waals surface area contributed by atoms with E-state index in [4.69, 9.17) is 4.52 Å². The third kappa shape index (κ3) is 2.36. The van der Waals surface area contributed by atoms with Crippen LogP contribution in [0.2, 0.25) is 0 Å². The van der Waals surface area contributed by atoms with Crippen molar-refractivity contribution in [3.05, 3.63) is 66.1 Å². The van der Waals surface area contributed by atoms with Crippen LogP contribution in [0.1, 0.15) is 5.56 Å². The first-order chi connectivity index (χ1) is 11.2. The van der Waals surface area contributed by atoms with Crippen LogP contribution in [0.4, 0.5) is 4.39 Å². The number of benzene rings is 2. The lowest BCUT2D eigenvalue weighted by Gasteiger charge is -2.01. The Bertz CT molecular complexity index is 1000. The van der Waals surface area contributed by atoms with Crippen LogP contribution in [0, 0.1) is 12.7 Å². The molecule has 0 N–H and O–H groups in total. The van der Waals surface area contributed by atoms with Crippen LogP contribution in [0.3, 0.4) is 0 Å². The van der Waals surface area contributed by atoms with E-state index in [1.54, 1.807) is 12.3 Å². The monoisotopic (exact) mass is 305 g/mol. The summed E-state index contributed by atoms with van der Waals surface area (Å²) in [6.45, 7) is 1.87. The standard InChI is InChI=1S/C18H12FN3O/c1-11-6-7-13(19)10-15(11)18-21-17(22-23-18)16-14-5-3-2-4-12(14)8-9-20-16/h2-10H,1H3. The minimum Gasteiger partial charge on any atom is -0.334 e. The fraction of sp³-hybridized carbons (Fsp3) is 0.0556. The largest absolute Gasteiger partial charge is 0.334 e. The second kappa shape index (κ2) is 5.28. The van der Waals surface area contributed by atoms with E-state index in [2.05, 4.69) is 15.1 Å². The van der Waals surface area contributed by atoms with Gasteiger partial charge >= 0.3 is 0 Å². The third-order valence-electron chi connectivity index (χ3n) is 3.74. The molecule has 0 fully saturated rings. The van der Waals surface area contributed by atoms with E-state index in [1.165, 1.54) is 12.1 Å². The second-order valence-electron chi connectivity index (χ2n) is 5.26. The Labute approximate surface area is 131 Å². The van der Waals surface area contributed by atoms with Crippen molar-refractivity contribution in [2.45, 2.75) is 6.92 Å². The van der Waals surface area contributed by atoms with E-state index < -0.39 is 0 Å². The third-order valence-corrected chi connectivity index (χ3v) is 3.74. The molecule has 0 radical (unpaired) electrons. The Morgan fingerprint density at radius 3 is 2.83 bits per heavy atom. The number of rotatable bonds is 2. The maximum Gasteiger partial charge on any atom is 0.258 e. The van der Waals surface area contributed by atoms with Crippen LogP contribution >= 0.6 is 0 Å². The van der Waals surface area contributed by atoms with Crippen molar-refractivity contribution in [1.82, 2.24) is 15.1 Å². The molecule has 0 spiro atoms. The molecule has 0 saturated heterocycles. The van der Waals surface area contributed by atoms with Crippen molar-refractivity contribution in [3.8, 4) is 23.0 Å². The van der Waals surface area contributed by atoms with Gasteiger partial charge < -0.3 is 4.52 Å². The summed E-state index contributed by atoms with van der Waals surface area (Å²) < 4.78 is 18.8. The highest BCUT2D eigenvalue weighted by molar-refractivity contribution is 5.92. The molecule has 0 amide bonds. The summed E-state index contributed by atoms with van der Waals surface area (Å²) in [5.41, 5.74) is 2.10. The van der Waals surface area contributed by atoms with E-state index in [1.807, 2.05) is 37.3 Å². The Morgan fingerprint density at radius 1 is 1.04 bits per heavy atom. The molecule has 112 valence electrons. The fourth-order valence-corrected chi connectivity index (χ4v) is 2.55. The van der Waals surface area contributed by atoms with Gasteiger partial charge in [0, 0.05) is 17.1 Å². The van der Waals surface area contributed by atoms with Gasteiger partial charge in [-0.15, -0.1) is 0 Å². The number of aryl methyl sites for hydroxylation is 1. The van der Waals surface area contributed by atoms with Crippen molar-refractivity contribution in [3.63, 3.8) is 0 Å². The van der Waals surface area contributed by atoms with Crippen molar-refractivity contribution in [1.29, 1.82) is 0 Å². The number of fused-ring (bicyclic) bond motifs is 1. The van der Waals surface area contributed by atoms with Gasteiger partial charge in [0.2, 0.25) is 5.82 Å². The van der Waals surface area contributed by atoms with E-state index in [0.717, 1.165) is 16.3 Å². The number of nitrogens with zero attached hydrogens (tertiary/aromatic N) is 3. The number of hydrogen-bond donors (Lipinski definition) is 0. The summed E-state index contributed by atoms with van der Waals surface area (Å²) in [4.78, 5) is 8.76. The number of halogens is 1. The topological polar surface area (TPSA) is 51.8 Å². The van der Waals surface area contributed by atoms with Crippen molar-refractivity contribution in [2.75, 3.05) is 0 Å². The normalized spacial score (nSPS) is 11.0. The summed E-state index contributed by atoms with van der Waals surface area (Å²) in [5.74, 6) is 0.334. The molecule has 0 aliphatic carbocycles. The number of pyridine rings is 1. The first-order valence-corrected chi connectivity index (χ1v) is 7.17. The first kappa shape index (κ1) is 13.6. The molecule has 23 heavy (non-hydrogen) atoms. The van der Waals surface area contributed by atoms with Gasteiger partial charge in [0.05, 0.1) is 0 Å². The summed E-state index contributed by atoms with van der Waals surface area (Å²) >= 11 is 0. The average Bonchev–Trinajstić information content (AvgIpc) is 3.06. The number of aromatic nitrogens is 3. The molecular weight excluding hydrogens is 293 g/mol. The Morgan fingerprint density at radius 2 is 1.91 bits per heavy atom. The SMILES string of the molecule is Cc1ccc(F)cc1-c1nc(-c2nccc3ccccc23)no1. The molecule has 0 unspecified atom stereocenters. The zero-order valence-corrected chi connectivity index (χ0v) is 12.3. The average molecular weight is 305 g/mol. The zero-order chi connectivity index (χ0) is 15.8. The van der Waals surface area contributed by atoms with E-state index in [-0.39, 0.29) is 11.7 Å². The van der Waals surface area contributed by atoms with Gasteiger partial charge in [0.15, 0.2) is 0 Å². The molecule has 0 atom stereocenters. The summed E-state index contributed by atoms with van der Waals surface area (Å²) in [6, 6.07) is 14.3. The van der Waals surface area contributed by atoms with Crippen molar-refractivity contribution in [2.24, 2.45) is 0 Å². The van der Waals surface area contributed by atoms with Gasteiger partial charge in [-0.3, -0.25) is 4.98 Å². The zero-order valence-electron chi connectivity index (χ0n) is 12.3. The van der Waals surface area contributed by atoms with Crippen LogP contribution in [0.5, 0.6) is 0 Å². The summed E-state index contributed by atoms with van der Waals surface area (Å²) in [7, 11) is 0. The van der Waals surface area contributed by atoms with Crippen molar-refractivity contribution >= 4 is 10.8 Å². The summed E-state index contributed by atoms with van der Waals surface area (Å²) in [5, 5.41) is 6.00. The highest BCUT2D eigenvalue weighted by Gasteiger charge is 2.15. The van der Waals surface area contributed by atoms with Crippen LogP contribution in [0.25, 0.3) is 33.7 Å². The molecule has 5 heteroatoms. The molecule has 4 aromatic rings. The molecule has 0 aliphatic heterocycles. The molecule has 4 nitrogen and oxygen atoms in total.